The van der Waals surface area contributed by atoms with Crippen molar-refractivity contribution >= 4 is 0 Å². The molecule has 0 radical (unpaired) electrons. The lowest BCUT2D eigenvalue weighted by Crippen LogP contribution is -2.28. The summed E-state index contributed by atoms with van der Waals surface area (Å²) in [6, 6.07) is 2.21. The minimum absolute atomic E-state index is 0.0559. The number of rotatable bonds is 0. The van der Waals surface area contributed by atoms with Crippen molar-refractivity contribution in [3.63, 3.8) is 0 Å². The Labute approximate surface area is 59.2 Å². The van der Waals surface area contributed by atoms with Crippen LogP contribution in [0.2, 0.25) is 0 Å². The van der Waals surface area contributed by atoms with Crippen molar-refractivity contribution in [3.05, 3.63) is 0 Å². The predicted octanol–water partition coefficient (Wildman–Crippen LogP) is 0.0499. The maximum absolute atomic E-state index is 9.24. The molecule has 1 aliphatic heterocycles. The molecule has 3 nitrogen and oxygen atoms in total. The third-order valence-corrected chi connectivity index (χ3v) is 2.43. The molecule has 0 aromatic heterocycles. The van der Waals surface area contributed by atoms with E-state index in [1.54, 1.807) is 0 Å². The fourth-order valence-electron chi connectivity index (χ4n) is 1.81. The monoisotopic (exact) mass is 139 g/mol. The Bertz CT molecular complexity index is 194. The van der Waals surface area contributed by atoms with Crippen molar-refractivity contribution in [3.8, 4) is 6.07 Å². The van der Waals surface area contributed by atoms with Crippen LogP contribution in [0.3, 0.4) is 0 Å². The van der Waals surface area contributed by atoms with E-state index in [0.717, 1.165) is 6.42 Å². The summed E-state index contributed by atoms with van der Waals surface area (Å²) in [5, 5.41) is 18.0. The summed E-state index contributed by atoms with van der Waals surface area (Å²) in [4.78, 5) is 0. The molecular weight excluding hydrogens is 130 g/mol. The maximum atomic E-state index is 9.24. The lowest BCUT2D eigenvalue weighted by Gasteiger charge is -2.20. The average Bonchev–Trinajstić information content (AvgIpc) is 2.45. The van der Waals surface area contributed by atoms with E-state index in [9.17, 15) is 5.11 Å². The Morgan fingerprint density at radius 2 is 2.40 bits per heavy atom. The highest BCUT2D eigenvalue weighted by molar-refractivity contribution is 5.11. The topological polar surface area (TPSA) is 53.2 Å². The molecule has 2 bridgehead atoms. The Kier molecular flexibility index (Phi) is 1.05. The molecule has 0 spiro atoms. The molecule has 1 heterocycles. The number of aliphatic hydroxyl groups is 1. The molecular formula is C7H9NO2. The molecule has 0 aromatic carbocycles. The minimum atomic E-state index is -0.395. The second-order valence-electron chi connectivity index (χ2n) is 3.22. The second-order valence-corrected chi connectivity index (χ2v) is 3.22. The van der Waals surface area contributed by atoms with Crippen LogP contribution in [0.15, 0.2) is 0 Å². The van der Waals surface area contributed by atoms with Gasteiger partial charge in [0, 0.05) is 0 Å². The molecule has 3 atom stereocenters. The standard InChI is InChI=1S/C7H9NO2/c8-3-7-1-5(9)6(2-7)10-4-7/h5-6,9H,1-2,4H2. The van der Waals surface area contributed by atoms with Crippen molar-refractivity contribution in [2.45, 2.75) is 25.0 Å². The first-order valence-corrected chi connectivity index (χ1v) is 3.47. The van der Waals surface area contributed by atoms with Gasteiger partial charge in [-0.2, -0.15) is 5.26 Å². The van der Waals surface area contributed by atoms with Gasteiger partial charge in [0.05, 0.1) is 30.3 Å². The van der Waals surface area contributed by atoms with Gasteiger partial charge in [-0.25, -0.2) is 0 Å². The number of fused-ring (bicyclic) bond motifs is 2. The first-order valence-electron chi connectivity index (χ1n) is 3.47. The summed E-state index contributed by atoms with van der Waals surface area (Å²) in [7, 11) is 0. The van der Waals surface area contributed by atoms with Crippen LogP contribution in [0.25, 0.3) is 0 Å². The van der Waals surface area contributed by atoms with Crippen molar-refractivity contribution in [2.75, 3.05) is 6.61 Å². The van der Waals surface area contributed by atoms with Gasteiger partial charge in [-0.05, 0) is 12.8 Å². The fourth-order valence-corrected chi connectivity index (χ4v) is 1.81. The van der Waals surface area contributed by atoms with Gasteiger partial charge in [-0.15, -0.1) is 0 Å². The SMILES string of the molecule is N#CC12COC(C1)C(O)C2. The van der Waals surface area contributed by atoms with Crippen LogP contribution < -0.4 is 0 Å². The molecule has 54 valence electrons. The molecule has 1 saturated heterocycles. The molecule has 2 aliphatic rings. The van der Waals surface area contributed by atoms with E-state index in [4.69, 9.17) is 10.00 Å². The summed E-state index contributed by atoms with van der Waals surface area (Å²) in [5.41, 5.74) is -0.343. The zero-order valence-corrected chi connectivity index (χ0v) is 5.58. The van der Waals surface area contributed by atoms with Gasteiger partial charge in [-0.1, -0.05) is 0 Å². The van der Waals surface area contributed by atoms with E-state index >= 15 is 0 Å². The van der Waals surface area contributed by atoms with E-state index in [0.29, 0.717) is 13.0 Å². The van der Waals surface area contributed by atoms with Crippen LogP contribution in [-0.4, -0.2) is 23.9 Å². The third-order valence-electron chi connectivity index (χ3n) is 2.43. The van der Waals surface area contributed by atoms with Crippen molar-refractivity contribution < 1.29 is 9.84 Å². The summed E-state index contributed by atoms with van der Waals surface area (Å²) in [6.07, 6.45) is 0.881. The van der Waals surface area contributed by atoms with Gasteiger partial charge in [0.1, 0.15) is 0 Å². The van der Waals surface area contributed by atoms with E-state index in [1.165, 1.54) is 0 Å². The number of hydrogen-bond acceptors (Lipinski definition) is 3. The van der Waals surface area contributed by atoms with E-state index in [-0.39, 0.29) is 11.5 Å². The van der Waals surface area contributed by atoms with Gasteiger partial charge in [-0.3, -0.25) is 0 Å². The maximum Gasteiger partial charge on any atom is 0.0858 e. The zero-order chi connectivity index (χ0) is 7.19. The zero-order valence-electron chi connectivity index (χ0n) is 5.58. The Morgan fingerprint density at radius 1 is 1.60 bits per heavy atom. The van der Waals surface area contributed by atoms with Gasteiger partial charge >= 0.3 is 0 Å². The fraction of sp³-hybridized carbons (Fsp3) is 0.857. The lowest BCUT2D eigenvalue weighted by molar-refractivity contribution is -0.0321. The summed E-state index contributed by atoms with van der Waals surface area (Å²) in [5.74, 6) is 0. The second kappa shape index (κ2) is 1.71. The van der Waals surface area contributed by atoms with Crippen LogP contribution in [0.1, 0.15) is 12.8 Å². The molecule has 0 aromatic rings. The molecule has 1 aliphatic carbocycles. The summed E-state index contributed by atoms with van der Waals surface area (Å²) in [6.45, 7) is 0.519. The molecule has 3 unspecified atom stereocenters. The van der Waals surface area contributed by atoms with E-state index < -0.39 is 6.10 Å². The quantitative estimate of drug-likeness (QED) is 0.516. The largest absolute Gasteiger partial charge is 0.390 e. The number of hydrogen-bond donors (Lipinski definition) is 1. The molecule has 3 heteroatoms. The van der Waals surface area contributed by atoms with Crippen LogP contribution in [0.4, 0.5) is 0 Å². The normalized spacial score (nSPS) is 51.2. The molecule has 2 rings (SSSR count). The van der Waals surface area contributed by atoms with E-state index in [1.807, 2.05) is 0 Å². The van der Waals surface area contributed by atoms with Gasteiger partial charge in [0.25, 0.3) is 0 Å². The minimum Gasteiger partial charge on any atom is -0.390 e. The smallest absolute Gasteiger partial charge is 0.0858 e. The summed E-state index contributed by atoms with van der Waals surface area (Å²) < 4.78 is 5.19. The predicted molar refractivity (Wildman–Crippen MR) is 33.0 cm³/mol. The Morgan fingerprint density at radius 3 is 2.70 bits per heavy atom. The number of nitrogens with zero attached hydrogens (tertiary/aromatic N) is 1. The van der Waals surface area contributed by atoms with Crippen LogP contribution in [0, 0.1) is 16.7 Å². The Hall–Kier alpha value is -0.590. The van der Waals surface area contributed by atoms with Crippen LogP contribution in [0.5, 0.6) is 0 Å². The highest BCUT2D eigenvalue weighted by Crippen LogP contribution is 2.45. The van der Waals surface area contributed by atoms with Gasteiger partial charge < -0.3 is 9.84 Å². The summed E-state index contributed by atoms with van der Waals surface area (Å²) >= 11 is 0. The molecule has 1 saturated carbocycles. The molecule has 0 amide bonds. The lowest BCUT2D eigenvalue weighted by atomic mass is 9.90. The first kappa shape index (κ1) is 6.14. The van der Waals surface area contributed by atoms with Crippen molar-refractivity contribution in [1.82, 2.24) is 0 Å². The third kappa shape index (κ3) is 0.606. The van der Waals surface area contributed by atoms with Gasteiger partial charge in [0.15, 0.2) is 0 Å². The average molecular weight is 139 g/mol. The Balaban J connectivity index is 2.24. The highest BCUT2D eigenvalue weighted by atomic mass is 16.5. The molecule has 2 fully saturated rings. The highest BCUT2D eigenvalue weighted by Gasteiger charge is 2.51. The number of nitriles is 1. The number of ether oxygens (including phenoxy) is 1. The van der Waals surface area contributed by atoms with Crippen LogP contribution in [-0.2, 0) is 4.74 Å². The van der Waals surface area contributed by atoms with Gasteiger partial charge in [0.2, 0.25) is 0 Å². The number of aliphatic hydroxyl groups excluding tert-OH is 1. The van der Waals surface area contributed by atoms with Crippen molar-refractivity contribution in [1.29, 1.82) is 5.26 Å². The van der Waals surface area contributed by atoms with Crippen molar-refractivity contribution in [2.24, 2.45) is 5.41 Å². The molecule has 10 heavy (non-hydrogen) atoms. The van der Waals surface area contributed by atoms with E-state index in [2.05, 4.69) is 6.07 Å². The molecule has 1 N–H and O–H groups in total. The first-order chi connectivity index (χ1) is 4.76. The van der Waals surface area contributed by atoms with Crippen LogP contribution >= 0.6 is 0 Å².